The molecule has 0 aromatic heterocycles. The molecular weight excluding hydrogens is 680 g/mol. The first-order valence-corrected chi connectivity index (χ1v) is 16.7. The molecule has 0 saturated heterocycles. The number of amides is 6. The zero-order chi connectivity index (χ0) is 38.3. The lowest BCUT2D eigenvalue weighted by Crippen LogP contribution is -2.50. The second-order valence-corrected chi connectivity index (χ2v) is 10.7. The van der Waals surface area contributed by atoms with Crippen molar-refractivity contribution in [3.8, 4) is 0 Å². The third kappa shape index (κ3) is 25.9. The summed E-state index contributed by atoms with van der Waals surface area (Å²) >= 11 is 0. The number of carbonyl (C=O) groups excluding carboxylic acids is 8. The molecule has 0 aliphatic carbocycles. The molecule has 2 atom stereocenters. The molecule has 20 heteroatoms. The van der Waals surface area contributed by atoms with Gasteiger partial charge in [-0.25, -0.2) is 14.4 Å². The van der Waals surface area contributed by atoms with Gasteiger partial charge in [0, 0.05) is 27.2 Å². The van der Waals surface area contributed by atoms with Crippen molar-refractivity contribution in [1.29, 1.82) is 0 Å². The highest BCUT2D eigenvalue weighted by molar-refractivity contribution is 5.92. The first-order chi connectivity index (χ1) is 24.5. The Balaban J connectivity index is 4.79. The number of ether oxygens (including phenoxy) is 6. The van der Waals surface area contributed by atoms with Crippen molar-refractivity contribution < 1.29 is 66.8 Å². The van der Waals surface area contributed by atoms with Gasteiger partial charge >= 0.3 is 24.1 Å². The number of rotatable bonds is 28. The van der Waals surface area contributed by atoms with Crippen LogP contribution in [0.25, 0.3) is 0 Å². The summed E-state index contributed by atoms with van der Waals surface area (Å²) in [7, 11) is 2.90. The molecule has 6 N–H and O–H groups in total. The third-order valence-corrected chi connectivity index (χ3v) is 6.33. The van der Waals surface area contributed by atoms with E-state index in [-0.39, 0.29) is 65.4 Å². The average molecular weight is 735 g/mol. The lowest BCUT2D eigenvalue weighted by Gasteiger charge is -2.18. The monoisotopic (exact) mass is 734 g/mol. The fraction of sp³-hybridized carbons (Fsp3) is 0.742. The van der Waals surface area contributed by atoms with Crippen LogP contribution >= 0.6 is 0 Å². The third-order valence-electron chi connectivity index (χ3n) is 6.33. The topological polar surface area (TPSA) is 264 Å². The van der Waals surface area contributed by atoms with E-state index in [9.17, 15) is 38.4 Å². The van der Waals surface area contributed by atoms with Crippen LogP contribution in [-0.2, 0) is 57.2 Å². The van der Waals surface area contributed by atoms with Crippen molar-refractivity contribution in [3.63, 3.8) is 0 Å². The fourth-order valence-corrected chi connectivity index (χ4v) is 3.72. The van der Waals surface area contributed by atoms with Gasteiger partial charge in [0.15, 0.2) is 0 Å². The van der Waals surface area contributed by atoms with E-state index in [4.69, 9.17) is 28.4 Å². The fourth-order valence-electron chi connectivity index (χ4n) is 3.72. The van der Waals surface area contributed by atoms with Crippen LogP contribution in [0.2, 0.25) is 0 Å². The number of methoxy groups -OCH3 is 2. The molecule has 0 heterocycles. The van der Waals surface area contributed by atoms with E-state index in [1.165, 1.54) is 14.2 Å². The van der Waals surface area contributed by atoms with Crippen molar-refractivity contribution in [1.82, 2.24) is 31.9 Å². The maximum atomic E-state index is 12.8. The number of hydrogen-bond acceptors (Lipinski definition) is 14. The highest BCUT2D eigenvalue weighted by Crippen LogP contribution is 2.04. The van der Waals surface area contributed by atoms with Crippen LogP contribution in [0.3, 0.4) is 0 Å². The minimum absolute atomic E-state index is 0.0560. The zero-order valence-corrected chi connectivity index (χ0v) is 29.9. The molecule has 292 valence electrons. The van der Waals surface area contributed by atoms with Gasteiger partial charge < -0.3 is 60.3 Å². The quantitative estimate of drug-likeness (QED) is 0.0313. The smallest absolute Gasteiger partial charge is 0.407 e. The van der Waals surface area contributed by atoms with Crippen LogP contribution in [-0.4, -0.2) is 140 Å². The maximum absolute atomic E-state index is 12.8. The highest BCUT2D eigenvalue weighted by atomic mass is 16.6. The van der Waals surface area contributed by atoms with Crippen LogP contribution in [0.15, 0.2) is 0 Å². The molecule has 0 aliphatic rings. The summed E-state index contributed by atoms with van der Waals surface area (Å²) in [5.41, 5.74) is 0. The van der Waals surface area contributed by atoms with Gasteiger partial charge in [-0.2, -0.15) is 0 Å². The van der Waals surface area contributed by atoms with E-state index in [0.717, 1.165) is 0 Å². The average Bonchev–Trinajstić information content (AvgIpc) is 3.11. The van der Waals surface area contributed by atoms with E-state index >= 15 is 0 Å². The second kappa shape index (κ2) is 30.1. The molecule has 0 aromatic carbocycles. The van der Waals surface area contributed by atoms with Gasteiger partial charge in [0.2, 0.25) is 23.6 Å². The Hall–Kier alpha value is -4.72. The predicted molar refractivity (Wildman–Crippen MR) is 178 cm³/mol. The maximum Gasteiger partial charge on any atom is 0.407 e. The van der Waals surface area contributed by atoms with Crippen molar-refractivity contribution >= 4 is 47.8 Å². The van der Waals surface area contributed by atoms with Gasteiger partial charge in [0.1, 0.15) is 25.3 Å². The Kier molecular flexibility index (Phi) is 27.3. The largest absolute Gasteiger partial charge is 0.466 e. The molecule has 0 aliphatic heterocycles. The molecule has 0 fully saturated rings. The van der Waals surface area contributed by atoms with Gasteiger partial charge in [-0.05, 0) is 38.5 Å². The predicted octanol–water partition coefficient (Wildman–Crippen LogP) is -1.21. The van der Waals surface area contributed by atoms with Gasteiger partial charge in [-0.1, -0.05) is 13.8 Å². The van der Waals surface area contributed by atoms with Gasteiger partial charge in [0.05, 0.1) is 46.1 Å². The van der Waals surface area contributed by atoms with Crippen LogP contribution in [0, 0.1) is 0 Å². The van der Waals surface area contributed by atoms with Crippen LogP contribution in [0.4, 0.5) is 9.59 Å². The summed E-state index contributed by atoms with van der Waals surface area (Å²) < 4.78 is 29.5. The molecule has 2 unspecified atom stereocenters. The number of unbranched alkanes of at least 4 members (excludes halogenated alkanes) is 1. The van der Waals surface area contributed by atoms with Crippen molar-refractivity contribution in [2.24, 2.45) is 0 Å². The Morgan fingerprint density at radius 3 is 1.71 bits per heavy atom. The first-order valence-electron chi connectivity index (χ1n) is 16.7. The van der Waals surface area contributed by atoms with Crippen LogP contribution in [0.1, 0.15) is 58.8 Å². The van der Waals surface area contributed by atoms with E-state index in [0.29, 0.717) is 25.7 Å². The summed E-state index contributed by atoms with van der Waals surface area (Å²) in [6, 6.07) is -2.23. The molecule has 51 heavy (non-hydrogen) atoms. The molecule has 0 rings (SSSR count). The van der Waals surface area contributed by atoms with E-state index in [2.05, 4.69) is 31.9 Å². The SMILES string of the molecule is CCCOC(=O)CCC(NC(=O)CNC(=O)CNC(=O)CNC(=O)C(CCCCNC(=O)OCCOC)NC(=O)OCCOC)C(=O)OCCC. The molecular formula is C31H54N6O14. The van der Waals surface area contributed by atoms with Gasteiger partial charge in [-0.15, -0.1) is 0 Å². The normalized spacial score (nSPS) is 11.5. The summed E-state index contributed by atoms with van der Waals surface area (Å²) in [4.78, 5) is 97.7. The van der Waals surface area contributed by atoms with Gasteiger partial charge in [-0.3, -0.25) is 24.0 Å². The molecule has 6 amide bonds. The number of carbonyl (C=O) groups is 8. The summed E-state index contributed by atoms with van der Waals surface area (Å²) in [5.74, 6) is -4.19. The number of esters is 2. The zero-order valence-electron chi connectivity index (χ0n) is 29.9. The summed E-state index contributed by atoms with van der Waals surface area (Å²) in [6.07, 6.45) is 0.433. The summed E-state index contributed by atoms with van der Waals surface area (Å²) in [5, 5.41) is 14.3. The second-order valence-electron chi connectivity index (χ2n) is 10.7. The van der Waals surface area contributed by atoms with E-state index < -0.39 is 79.5 Å². The van der Waals surface area contributed by atoms with Crippen LogP contribution < -0.4 is 31.9 Å². The Bertz CT molecular complexity index is 1090. The van der Waals surface area contributed by atoms with Crippen LogP contribution in [0.5, 0.6) is 0 Å². The number of alkyl carbamates (subject to hydrolysis) is 2. The molecule has 0 aromatic rings. The molecule has 20 nitrogen and oxygen atoms in total. The molecule has 0 spiro atoms. The van der Waals surface area contributed by atoms with E-state index in [1.807, 2.05) is 6.92 Å². The lowest BCUT2D eigenvalue weighted by atomic mass is 10.1. The lowest BCUT2D eigenvalue weighted by molar-refractivity contribution is -0.149. The van der Waals surface area contributed by atoms with Gasteiger partial charge in [0.25, 0.3) is 0 Å². The Morgan fingerprint density at radius 1 is 0.529 bits per heavy atom. The Labute approximate surface area is 297 Å². The van der Waals surface area contributed by atoms with E-state index in [1.54, 1.807) is 6.92 Å². The van der Waals surface area contributed by atoms with Crippen molar-refractivity contribution in [2.45, 2.75) is 70.9 Å². The first kappa shape index (κ1) is 46.3. The standard InChI is InChI=1S/C31H54N6O14/c1-5-13-48-27(41)11-10-23(29(43)49-14-6-2)36-26(40)21-34-24(38)19-33-25(39)20-35-28(42)22(37-31(45)51-18-16-47-4)9-7-8-12-32-30(44)50-17-15-46-3/h22-23H,5-21H2,1-4H3,(H,32,44)(H,33,39)(H,34,38)(H,35,42)(H,36,40)(H,37,45). The van der Waals surface area contributed by atoms with Crippen molar-refractivity contribution in [2.75, 3.05) is 80.0 Å². The highest BCUT2D eigenvalue weighted by Gasteiger charge is 2.24. The Morgan fingerprint density at radius 2 is 1.10 bits per heavy atom. The molecule has 0 bridgehead atoms. The molecule has 0 radical (unpaired) electrons. The molecule has 0 saturated carbocycles. The number of nitrogens with one attached hydrogen (secondary N) is 6. The summed E-state index contributed by atoms with van der Waals surface area (Å²) in [6.45, 7) is 3.02. The van der Waals surface area contributed by atoms with Crippen molar-refractivity contribution in [3.05, 3.63) is 0 Å². The minimum atomic E-state index is -1.14. The number of hydrogen-bond donors (Lipinski definition) is 6. The minimum Gasteiger partial charge on any atom is -0.466 e.